The monoisotopic (exact) mass is 370 g/mol. The van der Waals surface area contributed by atoms with Gasteiger partial charge in [-0.25, -0.2) is 0 Å². The zero-order chi connectivity index (χ0) is 18.4. The summed E-state index contributed by atoms with van der Waals surface area (Å²) in [5, 5.41) is -0.183. The van der Waals surface area contributed by atoms with Gasteiger partial charge in [0.05, 0.1) is 0 Å². The highest BCUT2D eigenvalue weighted by molar-refractivity contribution is 6.63. The molecule has 0 amide bonds. The third-order valence-electron chi connectivity index (χ3n) is 4.89. The number of allylic oxidation sites excluding steroid dienone is 2. The Morgan fingerprint density at radius 1 is 0.600 bits per heavy atom. The summed E-state index contributed by atoms with van der Waals surface area (Å²) in [6.07, 6.45) is 29.3. The van der Waals surface area contributed by atoms with Gasteiger partial charge in [0.25, 0.3) is 0 Å². The highest BCUT2D eigenvalue weighted by atomic mass is 35.5. The van der Waals surface area contributed by atoms with Crippen molar-refractivity contribution in [2.75, 3.05) is 0 Å². The SMILES string of the molecule is CCCCCCCC/C=C\CCCCCCCCCCCCC(=O)Cl. The fraction of sp³-hybridized carbons (Fsp3) is 0.870. The lowest BCUT2D eigenvalue weighted by Crippen LogP contribution is -1.86. The Balaban J connectivity index is 3.06. The maximum atomic E-state index is 10.6. The molecule has 0 bridgehead atoms. The predicted octanol–water partition coefficient (Wildman–Crippen LogP) is 8.74. The molecule has 0 saturated heterocycles. The Morgan fingerprint density at radius 3 is 1.36 bits per heavy atom. The van der Waals surface area contributed by atoms with E-state index in [4.69, 9.17) is 11.6 Å². The molecule has 0 aliphatic rings. The van der Waals surface area contributed by atoms with Crippen molar-refractivity contribution in [1.29, 1.82) is 0 Å². The molecular formula is C23H43ClO. The maximum Gasteiger partial charge on any atom is 0.221 e. The summed E-state index contributed by atoms with van der Waals surface area (Å²) in [6, 6.07) is 0. The van der Waals surface area contributed by atoms with Crippen LogP contribution < -0.4 is 0 Å². The fourth-order valence-electron chi connectivity index (χ4n) is 3.22. The highest BCUT2D eigenvalue weighted by Gasteiger charge is 1.96. The first-order valence-corrected chi connectivity index (χ1v) is 11.5. The van der Waals surface area contributed by atoms with Crippen molar-refractivity contribution in [3.63, 3.8) is 0 Å². The van der Waals surface area contributed by atoms with Gasteiger partial charge in [0, 0.05) is 6.42 Å². The smallest absolute Gasteiger partial charge is 0.221 e. The first-order chi connectivity index (χ1) is 12.3. The van der Waals surface area contributed by atoms with Gasteiger partial charge in [0.2, 0.25) is 5.24 Å². The second-order valence-corrected chi connectivity index (χ2v) is 7.88. The predicted molar refractivity (Wildman–Crippen MR) is 113 cm³/mol. The molecule has 0 heterocycles. The summed E-state index contributed by atoms with van der Waals surface area (Å²) < 4.78 is 0. The molecule has 0 unspecified atom stereocenters. The van der Waals surface area contributed by atoms with Gasteiger partial charge < -0.3 is 0 Å². The van der Waals surface area contributed by atoms with Gasteiger partial charge in [0.15, 0.2) is 0 Å². The average Bonchev–Trinajstić information content (AvgIpc) is 2.60. The minimum atomic E-state index is -0.183. The van der Waals surface area contributed by atoms with Crippen LogP contribution in [-0.4, -0.2) is 5.24 Å². The summed E-state index contributed by atoms with van der Waals surface area (Å²) in [5.41, 5.74) is 0. The summed E-state index contributed by atoms with van der Waals surface area (Å²) in [6.45, 7) is 2.28. The molecule has 0 rings (SSSR count). The number of carbonyl (C=O) groups is 1. The summed E-state index contributed by atoms with van der Waals surface area (Å²) in [4.78, 5) is 10.6. The molecule has 0 aliphatic carbocycles. The van der Waals surface area contributed by atoms with Crippen molar-refractivity contribution in [3.8, 4) is 0 Å². The van der Waals surface area contributed by atoms with Crippen molar-refractivity contribution in [2.24, 2.45) is 0 Å². The topological polar surface area (TPSA) is 17.1 Å². The van der Waals surface area contributed by atoms with Crippen LogP contribution in [0.4, 0.5) is 0 Å². The molecule has 0 aromatic rings. The normalized spacial score (nSPS) is 11.4. The van der Waals surface area contributed by atoms with Gasteiger partial charge >= 0.3 is 0 Å². The molecule has 148 valence electrons. The summed E-state index contributed by atoms with van der Waals surface area (Å²) in [7, 11) is 0. The van der Waals surface area contributed by atoms with Crippen LogP contribution in [0.15, 0.2) is 12.2 Å². The molecule has 0 aromatic carbocycles. The Bertz CT molecular complexity index is 298. The van der Waals surface area contributed by atoms with E-state index < -0.39 is 0 Å². The van der Waals surface area contributed by atoms with Crippen LogP contribution in [0.25, 0.3) is 0 Å². The zero-order valence-corrected chi connectivity index (χ0v) is 17.6. The van der Waals surface area contributed by atoms with Gasteiger partial charge in [0.1, 0.15) is 0 Å². The molecule has 0 spiro atoms. The van der Waals surface area contributed by atoms with Crippen molar-refractivity contribution in [2.45, 2.75) is 129 Å². The molecule has 0 atom stereocenters. The zero-order valence-electron chi connectivity index (χ0n) is 16.9. The van der Waals surface area contributed by atoms with E-state index in [1.807, 2.05) is 0 Å². The molecule has 0 N–H and O–H groups in total. The first kappa shape index (κ1) is 24.7. The van der Waals surface area contributed by atoms with Crippen LogP contribution in [-0.2, 0) is 4.79 Å². The van der Waals surface area contributed by atoms with Gasteiger partial charge in [-0.15, -0.1) is 0 Å². The minimum absolute atomic E-state index is 0.183. The van der Waals surface area contributed by atoms with Crippen molar-refractivity contribution < 1.29 is 4.79 Å². The second-order valence-electron chi connectivity index (χ2n) is 7.46. The van der Waals surface area contributed by atoms with Gasteiger partial charge in [-0.05, 0) is 43.7 Å². The Kier molecular flexibility index (Phi) is 21.5. The molecule has 0 aromatic heterocycles. The summed E-state index contributed by atoms with van der Waals surface area (Å²) in [5.74, 6) is 0. The van der Waals surface area contributed by atoms with E-state index in [0.29, 0.717) is 6.42 Å². The molecule has 0 radical (unpaired) electrons. The van der Waals surface area contributed by atoms with E-state index >= 15 is 0 Å². The van der Waals surface area contributed by atoms with E-state index in [1.165, 1.54) is 103 Å². The number of halogens is 1. The lowest BCUT2D eigenvalue weighted by Gasteiger charge is -2.02. The quantitative estimate of drug-likeness (QED) is 0.119. The van der Waals surface area contributed by atoms with E-state index in [-0.39, 0.29) is 5.24 Å². The number of hydrogen-bond donors (Lipinski definition) is 0. The number of rotatable bonds is 20. The van der Waals surface area contributed by atoms with Crippen molar-refractivity contribution >= 4 is 16.8 Å². The van der Waals surface area contributed by atoms with Crippen molar-refractivity contribution in [1.82, 2.24) is 0 Å². The molecule has 0 fully saturated rings. The standard InChI is InChI=1S/C23H43ClO/c1-2-3-4-5-6-7-8-9-10-11-12-13-14-15-16-17-18-19-20-21-22-23(24)25/h9-10H,2-8,11-22H2,1H3/b10-9-. The molecule has 25 heavy (non-hydrogen) atoms. The number of hydrogen-bond acceptors (Lipinski definition) is 1. The van der Waals surface area contributed by atoms with Gasteiger partial charge in [-0.2, -0.15) is 0 Å². The van der Waals surface area contributed by atoms with Crippen LogP contribution in [0, 0.1) is 0 Å². The molecule has 0 saturated carbocycles. The van der Waals surface area contributed by atoms with Crippen LogP contribution in [0.1, 0.15) is 129 Å². The third-order valence-corrected chi connectivity index (χ3v) is 5.07. The maximum absolute atomic E-state index is 10.6. The van der Waals surface area contributed by atoms with E-state index in [1.54, 1.807) is 0 Å². The van der Waals surface area contributed by atoms with Gasteiger partial charge in [-0.3, -0.25) is 4.79 Å². The van der Waals surface area contributed by atoms with Crippen LogP contribution in [0.5, 0.6) is 0 Å². The third kappa shape index (κ3) is 23.7. The first-order valence-electron chi connectivity index (χ1n) is 11.1. The molecule has 1 nitrogen and oxygen atoms in total. The van der Waals surface area contributed by atoms with E-state index in [2.05, 4.69) is 19.1 Å². The average molecular weight is 371 g/mol. The fourth-order valence-corrected chi connectivity index (χ4v) is 3.35. The van der Waals surface area contributed by atoms with Crippen LogP contribution >= 0.6 is 11.6 Å². The highest BCUT2D eigenvalue weighted by Crippen LogP contribution is 2.13. The van der Waals surface area contributed by atoms with Gasteiger partial charge in [-0.1, -0.05) is 103 Å². The Labute approximate surface area is 163 Å². The number of unbranched alkanes of at least 4 members (excludes halogenated alkanes) is 16. The van der Waals surface area contributed by atoms with E-state index in [0.717, 1.165) is 12.8 Å². The molecular weight excluding hydrogens is 328 g/mol. The largest absolute Gasteiger partial charge is 0.281 e. The molecule has 2 heteroatoms. The Morgan fingerprint density at radius 2 is 0.960 bits per heavy atom. The van der Waals surface area contributed by atoms with Crippen LogP contribution in [0.3, 0.4) is 0 Å². The van der Waals surface area contributed by atoms with Crippen LogP contribution in [0.2, 0.25) is 0 Å². The minimum Gasteiger partial charge on any atom is -0.281 e. The van der Waals surface area contributed by atoms with E-state index in [9.17, 15) is 4.79 Å². The second kappa shape index (κ2) is 21.7. The number of carbonyl (C=O) groups excluding carboxylic acids is 1. The lowest BCUT2D eigenvalue weighted by atomic mass is 10.0. The Hall–Kier alpha value is -0.300. The summed E-state index contributed by atoms with van der Waals surface area (Å²) >= 11 is 5.32. The van der Waals surface area contributed by atoms with Crippen molar-refractivity contribution in [3.05, 3.63) is 12.2 Å². The lowest BCUT2D eigenvalue weighted by molar-refractivity contribution is -0.111. The molecule has 0 aliphatic heterocycles.